The Morgan fingerprint density at radius 3 is 2.11 bits per heavy atom. The molecule has 2 amide bonds. The topological polar surface area (TPSA) is 89.4 Å². The molecule has 8 nitrogen and oxygen atoms in total. The van der Waals surface area contributed by atoms with E-state index in [2.05, 4.69) is 15.5 Å². The second kappa shape index (κ2) is 11.2. The van der Waals surface area contributed by atoms with Crippen LogP contribution in [0.3, 0.4) is 0 Å². The van der Waals surface area contributed by atoms with Gasteiger partial charge in [0, 0.05) is 20.1 Å². The van der Waals surface area contributed by atoms with Crippen molar-refractivity contribution in [2.75, 3.05) is 13.1 Å². The number of likely N-dealkylation sites (tertiary alicyclic amines) is 1. The van der Waals surface area contributed by atoms with E-state index in [0.29, 0.717) is 25.9 Å². The third-order valence-corrected chi connectivity index (χ3v) is 6.38. The van der Waals surface area contributed by atoms with E-state index in [-0.39, 0.29) is 29.6 Å². The SMILES string of the molecule is C[C@@H](NC(=O)c1cnn(C)n1)c1ccc(C(=C2CCN(C(=O)OC(C)(C)C)CC2)c2ccc(F)cc2)cc1. The predicted molar refractivity (Wildman–Crippen MR) is 143 cm³/mol. The number of rotatable bonds is 5. The van der Waals surface area contributed by atoms with E-state index in [4.69, 9.17) is 4.74 Å². The summed E-state index contributed by atoms with van der Waals surface area (Å²) in [6.07, 6.45) is 2.51. The zero-order chi connectivity index (χ0) is 27.4. The van der Waals surface area contributed by atoms with Gasteiger partial charge in [0.2, 0.25) is 0 Å². The summed E-state index contributed by atoms with van der Waals surface area (Å²) < 4.78 is 19.3. The Bertz CT molecular complexity index is 1310. The molecule has 3 aromatic rings. The van der Waals surface area contributed by atoms with Crippen LogP contribution in [0, 0.1) is 5.82 Å². The number of ether oxygens (including phenoxy) is 1. The minimum absolute atomic E-state index is 0.238. The number of amides is 2. The minimum Gasteiger partial charge on any atom is -0.444 e. The fourth-order valence-electron chi connectivity index (χ4n) is 4.47. The third kappa shape index (κ3) is 6.65. The van der Waals surface area contributed by atoms with Gasteiger partial charge in [-0.2, -0.15) is 9.90 Å². The van der Waals surface area contributed by atoms with Crippen LogP contribution >= 0.6 is 0 Å². The number of aryl methyl sites for hydroxylation is 1. The van der Waals surface area contributed by atoms with Crippen LogP contribution in [0.15, 0.2) is 60.3 Å². The molecule has 1 atom stereocenters. The minimum atomic E-state index is -0.542. The molecule has 200 valence electrons. The number of nitrogens with one attached hydrogen (secondary N) is 1. The maximum absolute atomic E-state index is 13.7. The molecule has 1 aliphatic heterocycles. The number of carbonyl (C=O) groups is 2. The first-order valence-electron chi connectivity index (χ1n) is 12.7. The normalized spacial score (nSPS) is 14.7. The number of hydrogen-bond donors (Lipinski definition) is 1. The van der Waals surface area contributed by atoms with Crippen LogP contribution in [0.4, 0.5) is 9.18 Å². The lowest BCUT2D eigenvalue weighted by Crippen LogP contribution is -2.40. The van der Waals surface area contributed by atoms with E-state index in [1.165, 1.54) is 28.7 Å². The van der Waals surface area contributed by atoms with Gasteiger partial charge in [-0.25, -0.2) is 9.18 Å². The Hall–Kier alpha value is -4.01. The Balaban J connectivity index is 1.55. The molecule has 0 bridgehead atoms. The van der Waals surface area contributed by atoms with Crippen molar-refractivity contribution < 1.29 is 18.7 Å². The van der Waals surface area contributed by atoms with Crippen molar-refractivity contribution in [2.45, 2.75) is 52.2 Å². The van der Waals surface area contributed by atoms with E-state index in [1.54, 1.807) is 24.1 Å². The average Bonchev–Trinajstić information content (AvgIpc) is 3.31. The number of halogens is 1. The molecule has 1 aromatic heterocycles. The highest BCUT2D eigenvalue weighted by Gasteiger charge is 2.26. The molecule has 4 rings (SSSR count). The van der Waals surface area contributed by atoms with E-state index in [0.717, 1.165) is 22.3 Å². The van der Waals surface area contributed by atoms with E-state index in [9.17, 15) is 14.0 Å². The number of benzene rings is 2. The van der Waals surface area contributed by atoms with E-state index < -0.39 is 5.60 Å². The summed E-state index contributed by atoms with van der Waals surface area (Å²) >= 11 is 0. The molecule has 0 unspecified atom stereocenters. The molecule has 1 N–H and O–H groups in total. The Morgan fingerprint density at radius 2 is 1.58 bits per heavy atom. The summed E-state index contributed by atoms with van der Waals surface area (Å²) in [7, 11) is 1.66. The Kier molecular flexibility index (Phi) is 7.94. The van der Waals surface area contributed by atoms with Crippen LogP contribution in [0.5, 0.6) is 0 Å². The summed E-state index contributed by atoms with van der Waals surface area (Å²) in [6, 6.07) is 14.3. The van der Waals surface area contributed by atoms with Crippen LogP contribution < -0.4 is 5.32 Å². The molecule has 2 aromatic carbocycles. The molecule has 0 saturated carbocycles. The molecule has 1 aliphatic rings. The standard InChI is InChI=1S/C29H34FN5O3/c1-19(32-27(36)25-18-31-34(5)33-25)20-6-8-21(9-7-20)26(22-10-12-24(30)13-11-22)23-14-16-35(17-15-23)28(37)38-29(2,3)4/h6-13,18-19H,14-17H2,1-5H3,(H,32,36)/t19-/m1/s1. The molecule has 9 heteroatoms. The summed E-state index contributed by atoms with van der Waals surface area (Å²) in [5.41, 5.74) is 4.81. The molecule has 2 heterocycles. The van der Waals surface area contributed by atoms with Crippen LogP contribution in [0.25, 0.3) is 5.57 Å². The monoisotopic (exact) mass is 519 g/mol. The first kappa shape index (κ1) is 27.0. The second-order valence-electron chi connectivity index (χ2n) is 10.5. The first-order chi connectivity index (χ1) is 18.0. The number of piperidine rings is 1. The van der Waals surface area contributed by atoms with Crippen molar-refractivity contribution >= 4 is 17.6 Å². The quantitative estimate of drug-likeness (QED) is 0.496. The van der Waals surface area contributed by atoms with Gasteiger partial charge in [-0.15, -0.1) is 5.10 Å². The summed E-state index contributed by atoms with van der Waals surface area (Å²) in [6.45, 7) is 8.60. The van der Waals surface area contributed by atoms with Gasteiger partial charge in [0.1, 0.15) is 11.4 Å². The maximum atomic E-state index is 13.7. The van der Waals surface area contributed by atoms with Gasteiger partial charge in [-0.05, 0) is 74.9 Å². The lowest BCUT2D eigenvalue weighted by Gasteiger charge is -2.32. The van der Waals surface area contributed by atoms with Gasteiger partial charge in [0.25, 0.3) is 5.91 Å². The average molecular weight is 520 g/mol. The molecule has 1 saturated heterocycles. The third-order valence-electron chi connectivity index (χ3n) is 6.38. The molecule has 0 radical (unpaired) electrons. The van der Waals surface area contributed by atoms with Gasteiger partial charge >= 0.3 is 6.09 Å². The largest absolute Gasteiger partial charge is 0.444 e. The maximum Gasteiger partial charge on any atom is 0.410 e. The van der Waals surface area contributed by atoms with Crippen molar-refractivity contribution in [2.24, 2.45) is 7.05 Å². The van der Waals surface area contributed by atoms with Crippen molar-refractivity contribution in [1.82, 2.24) is 25.2 Å². The van der Waals surface area contributed by atoms with Gasteiger partial charge in [0.15, 0.2) is 5.69 Å². The molecule has 0 aliphatic carbocycles. The van der Waals surface area contributed by atoms with Crippen LogP contribution in [-0.4, -0.2) is 50.6 Å². The number of aromatic nitrogens is 3. The smallest absolute Gasteiger partial charge is 0.410 e. The number of hydrogen-bond acceptors (Lipinski definition) is 5. The molecular weight excluding hydrogens is 485 g/mol. The zero-order valence-corrected chi connectivity index (χ0v) is 22.5. The van der Waals surface area contributed by atoms with Gasteiger partial charge in [0.05, 0.1) is 12.2 Å². The predicted octanol–water partition coefficient (Wildman–Crippen LogP) is 5.28. The highest BCUT2D eigenvalue weighted by Crippen LogP contribution is 2.33. The second-order valence-corrected chi connectivity index (χ2v) is 10.5. The van der Waals surface area contributed by atoms with Crippen molar-refractivity contribution in [3.05, 3.63) is 88.5 Å². The molecule has 1 fully saturated rings. The first-order valence-corrected chi connectivity index (χ1v) is 12.7. The van der Waals surface area contributed by atoms with Crippen LogP contribution in [0.1, 0.15) is 73.8 Å². The van der Waals surface area contributed by atoms with Crippen molar-refractivity contribution in [1.29, 1.82) is 0 Å². The van der Waals surface area contributed by atoms with E-state index in [1.807, 2.05) is 52.0 Å². The molecule has 38 heavy (non-hydrogen) atoms. The Labute approximate surface area is 222 Å². The summed E-state index contributed by atoms with van der Waals surface area (Å²) in [5, 5.41) is 10.9. The Morgan fingerprint density at radius 1 is 1.00 bits per heavy atom. The summed E-state index contributed by atoms with van der Waals surface area (Å²) in [5.74, 6) is -0.582. The van der Waals surface area contributed by atoms with Crippen LogP contribution in [0.2, 0.25) is 0 Å². The zero-order valence-electron chi connectivity index (χ0n) is 22.5. The number of nitrogens with zero attached hydrogens (tertiary/aromatic N) is 4. The summed E-state index contributed by atoms with van der Waals surface area (Å²) in [4.78, 5) is 28.1. The lowest BCUT2D eigenvalue weighted by molar-refractivity contribution is 0.0236. The van der Waals surface area contributed by atoms with Crippen molar-refractivity contribution in [3.63, 3.8) is 0 Å². The fraction of sp³-hybridized carbons (Fsp3) is 0.379. The van der Waals surface area contributed by atoms with Gasteiger partial charge < -0.3 is 15.0 Å². The highest BCUT2D eigenvalue weighted by atomic mass is 19.1. The lowest BCUT2D eigenvalue weighted by atomic mass is 9.88. The van der Waals surface area contributed by atoms with Crippen molar-refractivity contribution in [3.8, 4) is 0 Å². The fourth-order valence-corrected chi connectivity index (χ4v) is 4.47. The molecular formula is C29H34FN5O3. The van der Waals surface area contributed by atoms with Crippen LogP contribution in [-0.2, 0) is 11.8 Å². The highest BCUT2D eigenvalue weighted by molar-refractivity contribution is 5.92. The molecule has 0 spiro atoms. The number of carbonyl (C=O) groups excluding carboxylic acids is 2. The van der Waals surface area contributed by atoms with Gasteiger partial charge in [-0.3, -0.25) is 4.79 Å². The van der Waals surface area contributed by atoms with Gasteiger partial charge in [-0.1, -0.05) is 42.0 Å². The van der Waals surface area contributed by atoms with E-state index >= 15 is 0 Å².